The van der Waals surface area contributed by atoms with Gasteiger partial charge in [0, 0.05) is 12.4 Å². The molecule has 6 heteroatoms. The first-order valence-electron chi connectivity index (χ1n) is 5.10. The largest absolute Gasteiger partial charge is 0.481 e. The van der Waals surface area contributed by atoms with Gasteiger partial charge in [-0.25, -0.2) is 0 Å². The first-order valence-corrected chi connectivity index (χ1v) is 5.10. The Bertz CT molecular complexity index is 394. The molecule has 92 valence electrons. The number of carboxylic acid groups (broad SMARTS) is 2. The van der Waals surface area contributed by atoms with Crippen LogP contribution in [0.25, 0.3) is 0 Å². The first kappa shape index (κ1) is 13.1. The molecule has 2 atom stereocenters. The Hall–Kier alpha value is -1.95. The Labute approximate surface area is 98.1 Å². The molecule has 0 aliphatic carbocycles. The fourth-order valence-corrected chi connectivity index (χ4v) is 1.48. The fraction of sp³-hybridized carbons (Fsp3) is 0.364. The van der Waals surface area contributed by atoms with Gasteiger partial charge < -0.3 is 15.9 Å². The number of hydrogen-bond acceptors (Lipinski definition) is 4. The van der Waals surface area contributed by atoms with Gasteiger partial charge in [0.2, 0.25) is 0 Å². The molecule has 0 fully saturated rings. The molecule has 0 aromatic carbocycles. The summed E-state index contributed by atoms with van der Waals surface area (Å²) in [5, 5.41) is 17.6. The minimum Gasteiger partial charge on any atom is -0.481 e. The number of nitrogens with zero attached hydrogens (tertiary/aromatic N) is 1. The molecule has 0 amide bonds. The van der Waals surface area contributed by atoms with Gasteiger partial charge in [0.25, 0.3) is 0 Å². The highest BCUT2D eigenvalue weighted by atomic mass is 16.4. The minimum absolute atomic E-state index is 0.0977. The topological polar surface area (TPSA) is 114 Å². The van der Waals surface area contributed by atoms with Crippen molar-refractivity contribution in [3.8, 4) is 0 Å². The number of pyridine rings is 1. The molecule has 0 spiro atoms. The molecule has 0 aliphatic rings. The number of nitrogens with two attached hydrogens (primary N) is 1. The monoisotopic (exact) mass is 238 g/mol. The van der Waals surface area contributed by atoms with Crippen molar-refractivity contribution in [2.24, 2.45) is 11.7 Å². The summed E-state index contributed by atoms with van der Waals surface area (Å²) in [7, 11) is 0. The van der Waals surface area contributed by atoms with Gasteiger partial charge in [0.1, 0.15) is 6.04 Å². The molecule has 0 saturated carbocycles. The Balaban J connectivity index is 2.67. The van der Waals surface area contributed by atoms with Gasteiger partial charge >= 0.3 is 11.9 Å². The molecule has 4 N–H and O–H groups in total. The van der Waals surface area contributed by atoms with Crippen molar-refractivity contribution < 1.29 is 19.8 Å². The molecule has 0 saturated heterocycles. The van der Waals surface area contributed by atoms with Crippen LogP contribution >= 0.6 is 0 Å². The average molecular weight is 238 g/mol. The second-order valence-electron chi connectivity index (χ2n) is 3.78. The lowest BCUT2D eigenvalue weighted by atomic mass is 9.94. The maximum absolute atomic E-state index is 11.0. The Morgan fingerprint density at radius 1 is 1.35 bits per heavy atom. The van der Waals surface area contributed by atoms with Crippen LogP contribution in [0.1, 0.15) is 12.0 Å². The van der Waals surface area contributed by atoms with Gasteiger partial charge in [-0.3, -0.25) is 14.6 Å². The fourth-order valence-electron chi connectivity index (χ4n) is 1.48. The Kier molecular flexibility index (Phi) is 4.59. The van der Waals surface area contributed by atoms with Crippen LogP contribution in [-0.4, -0.2) is 33.2 Å². The number of aliphatic carboxylic acids is 2. The second kappa shape index (κ2) is 5.95. The molecule has 0 unspecified atom stereocenters. The van der Waals surface area contributed by atoms with Crippen molar-refractivity contribution in [2.75, 3.05) is 0 Å². The lowest BCUT2D eigenvalue weighted by Crippen LogP contribution is -2.35. The molecule has 1 aromatic rings. The normalized spacial score (nSPS) is 13.9. The van der Waals surface area contributed by atoms with Crippen LogP contribution in [0.5, 0.6) is 0 Å². The van der Waals surface area contributed by atoms with Gasteiger partial charge in [-0.2, -0.15) is 0 Å². The molecule has 0 bridgehead atoms. The molecule has 0 aliphatic heterocycles. The summed E-state index contributed by atoms with van der Waals surface area (Å²) in [6.07, 6.45) is 3.27. The molecule has 1 heterocycles. The highest BCUT2D eigenvalue weighted by molar-refractivity contribution is 5.76. The van der Waals surface area contributed by atoms with Gasteiger partial charge in [0.05, 0.1) is 5.92 Å². The van der Waals surface area contributed by atoms with Crippen molar-refractivity contribution in [3.05, 3.63) is 30.1 Å². The third-order valence-corrected chi connectivity index (χ3v) is 2.41. The van der Waals surface area contributed by atoms with Crippen molar-refractivity contribution in [1.29, 1.82) is 0 Å². The molecule has 6 nitrogen and oxygen atoms in total. The third-order valence-electron chi connectivity index (χ3n) is 2.41. The lowest BCUT2D eigenvalue weighted by Gasteiger charge is -2.14. The standard InChI is InChI=1S/C11H14N2O4/c12-9(11(16)17)5-8(10(14)15)4-7-2-1-3-13-6-7/h1-3,6,8-9H,4-5,12H2,(H,14,15)(H,16,17)/t8-,9-/m1/s1. The molecule has 1 aromatic heterocycles. The number of rotatable bonds is 6. The van der Waals surface area contributed by atoms with Crippen molar-refractivity contribution in [3.63, 3.8) is 0 Å². The van der Waals surface area contributed by atoms with Crippen molar-refractivity contribution in [2.45, 2.75) is 18.9 Å². The number of carbonyl (C=O) groups is 2. The van der Waals surface area contributed by atoms with Gasteiger partial charge in [-0.15, -0.1) is 0 Å². The van der Waals surface area contributed by atoms with Gasteiger partial charge in [0.15, 0.2) is 0 Å². The van der Waals surface area contributed by atoms with E-state index in [1.165, 1.54) is 0 Å². The summed E-state index contributed by atoms with van der Waals surface area (Å²) in [4.78, 5) is 25.4. The highest BCUT2D eigenvalue weighted by Gasteiger charge is 2.24. The van der Waals surface area contributed by atoms with Crippen LogP contribution in [0.2, 0.25) is 0 Å². The molecular formula is C11H14N2O4. The number of aromatic nitrogens is 1. The van der Waals surface area contributed by atoms with Crippen molar-refractivity contribution >= 4 is 11.9 Å². The quantitative estimate of drug-likeness (QED) is 0.649. The zero-order chi connectivity index (χ0) is 12.8. The van der Waals surface area contributed by atoms with E-state index in [1.54, 1.807) is 24.5 Å². The van der Waals surface area contributed by atoms with E-state index in [-0.39, 0.29) is 12.8 Å². The van der Waals surface area contributed by atoms with Gasteiger partial charge in [-0.1, -0.05) is 6.07 Å². The number of hydrogen-bond donors (Lipinski definition) is 3. The lowest BCUT2D eigenvalue weighted by molar-refractivity contribution is -0.143. The molecule has 1 rings (SSSR count). The van der Waals surface area contributed by atoms with E-state index < -0.39 is 23.9 Å². The minimum atomic E-state index is -1.19. The smallest absolute Gasteiger partial charge is 0.320 e. The SMILES string of the molecule is N[C@H](C[C@@H](Cc1cccnc1)C(=O)O)C(=O)O. The first-order chi connectivity index (χ1) is 8.00. The zero-order valence-electron chi connectivity index (χ0n) is 9.11. The summed E-state index contributed by atoms with van der Waals surface area (Å²) in [6, 6.07) is 2.29. The average Bonchev–Trinajstić information content (AvgIpc) is 2.29. The molecule has 17 heavy (non-hydrogen) atoms. The van der Waals surface area contributed by atoms with Crippen LogP contribution in [0, 0.1) is 5.92 Å². The summed E-state index contributed by atoms with van der Waals surface area (Å²) in [5.41, 5.74) is 6.08. The zero-order valence-corrected chi connectivity index (χ0v) is 9.11. The van der Waals surface area contributed by atoms with Crippen LogP contribution < -0.4 is 5.73 Å². The van der Waals surface area contributed by atoms with Crippen molar-refractivity contribution in [1.82, 2.24) is 4.98 Å². The van der Waals surface area contributed by atoms with Gasteiger partial charge in [-0.05, 0) is 24.5 Å². The molecule has 0 radical (unpaired) electrons. The van der Waals surface area contributed by atoms with E-state index in [9.17, 15) is 9.59 Å². The summed E-state index contributed by atoms with van der Waals surface area (Å²) in [6.45, 7) is 0. The van der Waals surface area contributed by atoms with Crippen LogP contribution in [0.3, 0.4) is 0 Å². The Morgan fingerprint density at radius 2 is 2.06 bits per heavy atom. The third kappa shape index (κ3) is 4.20. The van der Waals surface area contributed by atoms with Crippen LogP contribution in [0.15, 0.2) is 24.5 Å². The van der Waals surface area contributed by atoms with E-state index in [0.717, 1.165) is 5.56 Å². The highest BCUT2D eigenvalue weighted by Crippen LogP contribution is 2.13. The van der Waals surface area contributed by atoms with Crippen LogP contribution in [-0.2, 0) is 16.0 Å². The van der Waals surface area contributed by atoms with E-state index in [4.69, 9.17) is 15.9 Å². The molecular weight excluding hydrogens is 224 g/mol. The predicted molar refractivity (Wildman–Crippen MR) is 59.3 cm³/mol. The van der Waals surface area contributed by atoms with E-state index in [1.807, 2.05) is 0 Å². The summed E-state index contributed by atoms with van der Waals surface area (Å²) in [5.74, 6) is -3.06. The predicted octanol–water partition coefficient (Wildman–Crippen LogP) is 0.127. The summed E-state index contributed by atoms with van der Waals surface area (Å²) >= 11 is 0. The summed E-state index contributed by atoms with van der Waals surface area (Å²) < 4.78 is 0. The second-order valence-corrected chi connectivity index (χ2v) is 3.78. The van der Waals surface area contributed by atoms with E-state index >= 15 is 0 Å². The number of carboxylic acids is 2. The maximum atomic E-state index is 11.0. The van der Waals surface area contributed by atoms with Crippen LogP contribution in [0.4, 0.5) is 0 Å². The van der Waals surface area contributed by atoms with E-state index in [0.29, 0.717) is 0 Å². The maximum Gasteiger partial charge on any atom is 0.320 e. The Morgan fingerprint density at radius 3 is 2.53 bits per heavy atom. The van der Waals surface area contributed by atoms with E-state index in [2.05, 4.69) is 4.98 Å².